The van der Waals surface area contributed by atoms with Crippen LogP contribution in [0.15, 0.2) is 36.4 Å². The van der Waals surface area contributed by atoms with E-state index >= 15 is 0 Å². The second kappa shape index (κ2) is 5.27. The summed E-state index contributed by atoms with van der Waals surface area (Å²) in [5.74, 6) is -0.600. The molecule has 1 heterocycles. The Labute approximate surface area is 150 Å². The number of fused-ring (bicyclic) bond motifs is 2. The molecule has 2 aliphatic rings. The topological polar surface area (TPSA) is 50.1 Å². The number of benzene rings is 2. The molecule has 25 heavy (non-hydrogen) atoms. The van der Waals surface area contributed by atoms with Gasteiger partial charge in [0, 0.05) is 5.56 Å². The summed E-state index contributed by atoms with van der Waals surface area (Å²) in [6, 6.07) is 10.3. The van der Waals surface area contributed by atoms with Gasteiger partial charge in [-0.2, -0.15) is 0 Å². The normalized spacial score (nSPS) is 18.9. The molecule has 0 spiro atoms. The smallest absolute Gasteiger partial charge is 0.269 e. The van der Waals surface area contributed by atoms with E-state index in [1.54, 1.807) is 0 Å². The first kappa shape index (κ1) is 16.5. The molecule has 2 aromatic rings. The Bertz CT molecular complexity index is 945. The second-order valence-corrected chi connectivity index (χ2v) is 15.7. The molecular formula is C20H22NO2Si2. The van der Waals surface area contributed by atoms with E-state index in [1.807, 2.05) is 12.1 Å². The first-order valence-electron chi connectivity index (χ1n) is 8.65. The van der Waals surface area contributed by atoms with Crippen LogP contribution in [0.1, 0.15) is 21.5 Å². The van der Waals surface area contributed by atoms with Gasteiger partial charge in [-0.15, -0.1) is 0 Å². The number of hydrogen-bond donors (Lipinski definition) is 0. The summed E-state index contributed by atoms with van der Waals surface area (Å²) in [6.07, 6.45) is 5.38. The van der Waals surface area contributed by atoms with E-state index in [0.29, 0.717) is 5.56 Å². The second-order valence-electron chi connectivity index (χ2n) is 7.85. The van der Waals surface area contributed by atoms with Gasteiger partial charge >= 0.3 is 0 Å². The first-order chi connectivity index (χ1) is 11.7. The maximum absolute atomic E-state index is 12.0. The molecule has 0 bridgehead atoms. The van der Waals surface area contributed by atoms with E-state index in [9.17, 15) is 4.79 Å². The molecule has 3 nitrogen and oxygen atoms in total. The highest BCUT2D eigenvalue weighted by Gasteiger charge is 2.49. The van der Waals surface area contributed by atoms with Crippen molar-refractivity contribution in [3.63, 3.8) is 0 Å². The van der Waals surface area contributed by atoms with Gasteiger partial charge in [-0.1, -0.05) is 36.4 Å². The quantitative estimate of drug-likeness (QED) is 0.768. The minimum absolute atomic E-state index is 0.539. The lowest BCUT2D eigenvalue weighted by molar-refractivity contribution is 0.0993. The fraction of sp³-hybridized carbons (Fsp3) is 0.250. The molecule has 0 saturated carbocycles. The van der Waals surface area contributed by atoms with Crippen molar-refractivity contribution in [2.24, 2.45) is 0 Å². The van der Waals surface area contributed by atoms with Crippen molar-refractivity contribution in [3.8, 4) is 11.1 Å². The van der Waals surface area contributed by atoms with Crippen molar-refractivity contribution >= 4 is 39.0 Å². The zero-order chi connectivity index (χ0) is 18.0. The number of carbonyl (C=O) groups is 1. The van der Waals surface area contributed by atoms with Gasteiger partial charge in [-0.05, 0) is 71.3 Å². The zero-order valence-corrected chi connectivity index (χ0v) is 17.1. The van der Waals surface area contributed by atoms with Crippen LogP contribution in [0.3, 0.4) is 0 Å². The summed E-state index contributed by atoms with van der Waals surface area (Å²) in [5.41, 5.74) is 13.3. The average Bonchev–Trinajstić information content (AvgIpc) is 3.07. The molecular weight excluding hydrogens is 342 g/mol. The summed E-state index contributed by atoms with van der Waals surface area (Å²) in [5, 5.41) is 2.29. The SMILES string of the molecule is C[Si]1(C)O[Si](C)(C)c2c(-c3cccc4c3C=CC4)ccc(C([NH])=O)c21. The van der Waals surface area contributed by atoms with E-state index < -0.39 is 22.5 Å². The van der Waals surface area contributed by atoms with Crippen LogP contribution in [0.25, 0.3) is 17.2 Å². The van der Waals surface area contributed by atoms with Gasteiger partial charge in [0.25, 0.3) is 5.91 Å². The lowest BCUT2D eigenvalue weighted by atomic mass is 9.96. The lowest BCUT2D eigenvalue weighted by Gasteiger charge is -2.23. The summed E-state index contributed by atoms with van der Waals surface area (Å²) >= 11 is 0. The molecule has 0 aromatic heterocycles. The van der Waals surface area contributed by atoms with Crippen LogP contribution in [0.2, 0.25) is 26.2 Å². The number of hydrogen-bond acceptors (Lipinski definition) is 2. The van der Waals surface area contributed by atoms with E-state index in [0.717, 1.165) is 11.6 Å². The van der Waals surface area contributed by atoms with Crippen LogP contribution in [0.4, 0.5) is 0 Å². The molecule has 1 aliphatic carbocycles. The molecule has 1 amide bonds. The minimum Gasteiger partial charge on any atom is -0.449 e. The third kappa shape index (κ3) is 2.38. The molecule has 1 radical (unpaired) electrons. The Morgan fingerprint density at radius 2 is 1.72 bits per heavy atom. The highest BCUT2D eigenvalue weighted by atomic mass is 28.4. The molecule has 0 saturated heterocycles. The number of amides is 1. The van der Waals surface area contributed by atoms with E-state index in [1.165, 1.54) is 27.4 Å². The number of carbonyl (C=O) groups excluding carboxylic acids is 1. The van der Waals surface area contributed by atoms with Crippen LogP contribution >= 0.6 is 0 Å². The Balaban J connectivity index is 2.08. The monoisotopic (exact) mass is 364 g/mol. The third-order valence-corrected chi connectivity index (χ3v) is 13.1. The van der Waals surface area contributed by atoms with Gasteiger partial charge in [-0.3, -0.25) is 10.5 Å². The Morgan fingerprint density at radius 1 is 1.00 bits per heavy atom. The van der Waals surface area contributed by atoms with E-state index in [2.05, 4.69) is 56.5 Å². The number of allylic oxidation sites excluding steroid dienone is 1. The highest BCUT2D eigenvalue weighted by Crippen LogP contribution is 2.34. The summed E-state index contributed by atoms with van der Waals surface area (Å²) in [6.45, 7) is 8.74. The molecule has 1 aliphatic heterocycles. The molecule has 5 heteroatoms. The molecule has 2 aromatic carbocycles. The standard InChI is InChI=1S/C20H22NO2Si2/c1-24(2)18-16(15-10-6-8-13-7-5-9-14(13)15)11-12-17(20(21)22)19(18)25(3,4)23-24/h5-6,8-12,21H,7H2,1-4H3. The van der Waals surface area contributed by atoms with Gasteiger partial charge in [0.2, 0.25) is 16.6 Å². The summed E-state index contributed by atoms with van der Waals surface area (Å²) in [4.78, 5) is 12.0. The van der Waals surface area contributed by atoms with E-state index in [-0.39, 0.29) is 0 Å². The Hall–Kier alpha value is -1.96. The molecule has 1 N–H and O–H groups in total. The van der Waals surface area contributed by atoms with Gasteiger partial charge in [0.1, 0.15) is 0 Å². The van der Waals surface area contributed by atoms with Gasteiger partial charge in [0.05, 0.1) is 0 Å². The van der Waals surface area contributed by atoms with Crippen molar-refractivity contribution in [3.05, 3.63) is 53.1 Å². The van der Waals surface area contributed by atoms with Gasteiger partial charge < -0.3 is 4.12 Å². The fourth-order valence-corrected chi connectivity index (χ4v) is 15.4. The first-order valence-corrected chi connectivity index (χ1v) is 14.5. The molecule has 0 atom stereocenters. The van der Waals surface area contributed by atoms with Crippen LogP contribution in [0, 0.1) is 0 Å². The van der Waals surface area contributed by atoms with Crippen molar-refractivity contribution in [2.75, 3.05) is 0 Å². The van der Waals surface area contributed by atoms with Crippen LogP contribution in [-0.2, 0) is 10.5 Å². The van der Waals surface area contributed by atoms with Crippen LogP contribution in [0.5, 0.6) is 0 Å². The lowest BCUT2D eigenvalue weighted by Crippen LogP contribution is -2.48. The van der Waals surface area contributed by atoms with Crippen LogP contribution in [-0.4, -0.2) is 22.5 Å². The summed E-state index contributed by atoms with van der Waals surface area (Å²) < 4.78 is 6.60. The molecule has 127 valence electrons. The predicted molar refractivity (Wildman–Crippen MR) is 107 cm³/mol. The predicted octanol–water partition coefficient (Wildman–Crippen LogP) is 3.20. The third-order valence-electron chi connectivity index (χ3n) is 5.27. The van der Waals surface area contributed by atoms with Crippen LogP contribution < -0.4 is 16.1 Å². The maximum Gasteiger partial charge on any atom is 0.269 e. The number of nitrogens with one attached hydrogen (secondary N) is 1. The van der Waals surface area contributed by atoms with Crippen molar-refractivity contribution in [2.45, 2.75) is 32.6 Å². The zero-order valence-electron chi connectivity index (χ0n) is 15.1. The largest absolute Gasteiger partial charge is 0.449 e. The van der Waals surface area contributed by atoms with Crippen molar-refractivity contribution in [1.29, 1.82) is 0 Å². The summed E-state index contributed by atoms with van der Waals surface area (Å²) in [7, 11) is -4.32. The van der Waals surface area contributed by atoms with Crippen molar-refractivity contribution < 1.29 is 8.91 Å². The Kier molecular flexibility index (Phi) is 3.48. The highest BCUT2D eigenvalue weighted by molar-refractivity contribution is 7.06. The van der Waals surface area contributed by atoms with Crippen molar-refractivity contribution in [1.82, 2.24) is 5.73 Å². The van der Waals surface area contributed by atoms with E-state index in [4.69, 9.17) is 9.85 Å². The van der Waals surface area contributed by atoms with Gasteiger partial charge in [-0.25, -0.2) is 0 Å². The molecule has 4 rings (SSSR count). The fourth-order valence-electron chi connectivity index (χ4n) is 4.53. The van der Waals surface area contributed by atoms with Gasteiger partial charge in [0.15, 0.2) is 0 Å². The average molecular weight is 365 g/mol. The molecule has 0 fully saturated rings. The maximum atomic E-state index is 12.0. The Morgan fingerprint density at radius 3 is 2.44 bits per heavy atom. The number of rotatable bonds is 2. The minimum atomic E-state index is -2.19. The molecule has 0 unspecified atom stereocenters.